The first kappa shape index (κ1) is 27.4. The number of aryl methyl sites for hydroxylation is 2. The number of hydrogen-bond donors (Lipinski definition) is 4. The van der Waals surface area contributed by atoms with E-state index in [9.17, 15) is 13.5 Å². The molecule has 3 aromatic rings. The van der Waals surface area contributed by atoms with E-state index in [1.54, 1.807) is 13.3 Å². The van der Waals surface area contributed by atoms with Gasteiger partial charge in [-0.25, -0.2) is 4.98 Å². The molecule has 0 unspecified atom stereocenters. The molecule has 3 heterocycles. The molecule has 3 rings (SSSR count). The van der Waals surface area contributed by atoms with Crippen LogP contribution in [0, 0.1) is 13.8 Å². The molecule has 0 amide bonds. The quantitative estimate of drug-likeness (QED) is 0.344. The molecular formula is C22H35N7O4S. The third-order valence-electron chi connectivity index (χ3n) is 5.12. The summed E-state index contributed by atoms with van der Waals surface area (Å²) < 4.78 is 27.9. The number of nitrogens with one attached hydrogen (secondary N) is 2. The Hall–Kier alpha value is -2.83. The summed E-state index contributed by atoms with van der Waals surface area (Å²) in [4.78, 5) is 18.3. The summed E-state index contributed by atoms with van der Waals surface area (Å²) in [6.07, 6.45) is 4.66. The normalized spacial score (nSPS) is 13.4. The molecule has 0 aromatic carbocycles. The Morgan fingerprint density at radius 2 is 1.79 bits per heavy atom. The summed E-state index contributed by atoms with van der Waals surface area (Å²) in [5, 5.41) is 16.7. The van der Waals surface area contributed by atoms with Gasteiger partial charge in [-0.2, -0.15) is 18.4 Å². The average Bonchev–Trinajstić information content (AvgIpc) is 3.14. The molecule has 11 nitrogen and oxygen atoms in total. The highest BCUT2D eigenvalue weighted by molar-refractivity contribution is 7.85. The summed E-state index contributed by atoms with van der Waals surface area (Å²) >= 11 is 0. The maximum Gasteiger partial charge on any atom is 0.261 e. The standard InChI is InChI=1S/C21H31N7O.CH4O3S/c1-7-17(15(6)29)25-21-26-19(18-20(27-21)28(11-24-18)12(2)3)23-10-16-9-22-14(5)8-13(16)4;1-5(2,3)4/h8-9,11-12,15,17,29H,7,10H2,1-6H3,(H2,23,25,26,27);1H3,(H,2,3,4)/t15-,17+;/m1./s1. The van der Waals surface area contributed by atoms with Crippen molar-refractivity contribution >= 4 is 33.0 Å². The predicted octanol–water partition coefficient (Wildman–Crippen LogP) is 3.11. The first-order chi connectivity index (χ1) is 15.8. The van der Waals surface area contributed by atoms with Crippen LogP contribution in [0.5, 0.6) is 0 Å². The van der Waals surface area contributed by atoms with E-state index >= 15 is 0 Å². The molecule has 3 aromatic heterocycles. The number of imidazole rings is 1. The van der Waals surface area contributed by atoms with Crippen LogP contribution in [0.2, 0.25) is 0 Å². The Balaban J connectivity index is 0.000000739. The van der Waals surface area contributed by atoms with Crippen molar-refractivity contribution in [1.82, 2.24) is 24.5 Å². The number of aromatic nitrogens is 5. The molecule has 0 saturated heterocycles. The summed E-state index contributed by atoms with van der Waals surface area (Å²) in [6, 6.07) is 2.17. The number of nitrogens with zero attached hydrogens (tertiary/aromatic N) is 5. The molecule has 0 aliphatic rings. The minimum Gasteiger partial charge on any atom is -0.391 e. The summed E-state index contributed by atoms with van der Waals surface area (Å²) in [5.74, 6) is 1.14. The molecular weight excluding hydrogens is 458 g/mol. The lowest BCUT2D eigenvalue weighted by atomic mass is 10.1. The van der Waals surface area contributed by atoms with Gasteiger partial charge < -0.3 is 20.3 Å². The van der Waals surface area contributed by atoms with Gasteiger partial charge in [0.15, 0.2) is 17.0 Å². The van der Waals surface area contributed by atoms with Gasteiger partial charge in [-0.15, -0.1) is 0 Å². The number of aliphatic hydroxyl groups is 1. The Morgan fingerprint density at radius 3 is 2.32 bits per heavy atom. The van der Waals surface area contributed by atoms with Gasteiger partial charge in [-0.05, 0) is 58.2 Å². The van der Waals surface area contributed by atoms with E-state index < -0.39 is 16.2 Å². The highest BCUT2D eigenvalue weighted by Crippen LogP contribution is 2.25. The van der Waals surface area contributed by atoms with Gasteiger partial charge in [0.1, 0.15) is 0 Å². The molecule has 2 atom stereocenters. The van der Waals surface area contributed by atoms with Crippen molar-refractivity contribution < 1.29 is 18.1 Å². The van der Waals surface area contributed by atoms with E-state index in [-0.39, 0.29) is 12.1 Å². The molecule has 0 aliphatic carbocycles. The van der Waals surface area contributed by atoms with Crippen molar-refractivity contribution in [2.75, 3.05) is 16.9 Å². The maximum atomic E-state index is 10.0. The second-order valence-electron chi connectivity index (χ2n) is 8.55. The molecule has 0 bridgehead atoms. The lowest BCUT2D eigenvalue weighted by Gasteiger charge is -2.20. The van der Waals surface area contributed by atoms with Crippen LogP contribution in [0.3, 0.4) is 0 Å². The fourth-order valence-corrected chi connectivity index (χ4v) is 3.30. The minimum atomic E-state index is -3.67. The van der Waals surface area contributed by atoms with Gasteiger partial charge in [0.25, 0.3) is 10.1 Å². The molecule has 12 heteroatoms. The fourth-order valence-electron chi connectivity index (χ4n) is 3.30. The fraction of sp³-hybridized carbons (Fsp3) is 0.545. The van der Waals surface area contributed by atoms with E-state index in [0.29, 0.717) is 24.6 Å². The van der Waals surface area contributed by atoms with E-state index in [4.69, 9.17) is 4.55 Å². The second-order valence-corrected chi connectivity index (χ2v) is 10.0. The van der Waals surface area contributed by atoms with E-state index in [0.717, 1.165) is 28.8 Å². The van der Waals surface area contributed by atoms with Crippen LogP contribution in [0.25, 0.3) is 11.2 Å². The van der Waals surface area contributed by atoms with Crippen molar-refractivity contribution in [3.05, 3.63) is 35.4 Å². The Bertz CT molecular complexity index is 1200. The third-order valence-corrected chi connectivity index (χ3v) is 5.12. The number of pyridine rings is 1. The molecule has 0 saturated carbocycles. The first-order valence-corrected chi connectivity index (χ1v) is 12.9. The first-order valence-electron chi connectivity index (χ1n) is 11.1. The van der Waals surface area contributed by atoms with Crippen LogP contribution in [0.4, 0.5) is 11.8 Å². The van der Waals surface area contributed by atoms with Crippen molar-refractivity contribution in [3.8, 4) is 0 Å². The van der Waals surface area contributed by atoms with Crippen LogP contribution in [0.15, 0.2) is 18.6 Å². The SMILES string of the molecule is CC[C@H](Nc1nc(NCc2cnc(C)cc2C)c2ncn(C(C)C)c2n1)[C@@H](C)O.CS(=O)(=O)O. The number of rotatable bonds is 8. The van der Waals surface area contributed by atoms with Gasteiger partial charge in [-0.1, -0.05) is 6.92 Å². The van der Waals surface area contributed by atoms with E-state index in [1.807, 2.05) is 24.6 Å². The zero-order valence-corrected chi connectivity index (χ0v) is 21.6. The number of fused-ring (bicyclic) bond motifs is 1. The van der Waals surface area contributed by atoms with Crippen LogP contribution in [0.1, 0.15) is 57.0 Å². The predicted molar refractivity (Wildman–Crippen MR) is 134 cm³/mol. The summed E-state index contributed by atoms with van der Waals surface area (Å²) in [6.45, 7) is 12.6. The van der Waals surface area contributed by atoms with Crippen molar-refractivity contribution in [2.45, 2.75) is 72.7 Å². The zero-order chi connectivity index (χ0) is 25.6. The Morgan fingerprint density at radius 1 is 1.15 bits per heavy atom. The number of hydrogen-bond acceptors (Lipinski definition) is 9. The number of aliphatic hydroxyl groups excluding tert-OH is 1. The molecule has 0 aliphatic heterocycles. The lowest BCUT2D eigenvalue weighted by molar-refractivity contribution is 0.169. The maximum absolute atomic E-state index is 10.0. The second kappa shape index (κ2) is 11.5. The monoisotopic (exact) mass is 493 g/mol. The highest BCUT2D eigenvalue weighted by atomic mass is 32.2. The topological polar surface area (TPSA) is 155 Å². The van der Waals surface area contributed by atoms with Gasteiger partial charge >= 0.3 is 0 Å². The summed E-state index contributed by atoms with van der Waals surface area (Å²) in [5.41, 5.74) is 4.78. The van der Waals surface area contributed by atoms with Gasteiger partial charge in [-0.3, -0.25) is 9.54 Å². The highest BCUT2D eigenvalue weighted by Gasteiger charge is 2.18. The van der Waals surface area contributed by atoms with E-state index in [1.165, 1.54) is 5.56 Å². The van der Waals surface area contributed by atoms with Crippen LogP contribution in [-0.2, 0) is 16.7 Å². The van der Waals surface area contributed by atoms with Crippen LogP contribution in [-0.4, -0.2) is 61.0 Å². The largest absolute Gasteiger partial charge is 0.391 e. The Labute approximate surface area is 200 Å². The average molecular weight is 494 g/mol. The molecule has 34 heavy (non-hydrogen) atoms. The molecule has 188 valence electrons. The van der Waals surface area contributed by atoms with Gasteiger partial charge in [0.05, 0.1) is 24.7 Å². The minimum absolute atomic E-state index is 0.126. The summed E-state index contributed by atoms with van der Waals surface area (Å²) in [7, 11) is -3.67. The van der Waals surface area contributed by atoms with Gasteiger partial charge in [0, 0.05) is 24.5 Å². The molecule has 0 fully saturated rings. The molecule has 4 N–H and O–H groups in total. The van der Waals surface area contributed by atoms with Crippen molar-refractivity contribution in [2.24, 2.45) is 0 Å². The van der Waals surface area contributed by atoms with Crippen LogP contribution < -0.4 is 10.6 Å². The lowest BCUT2D eigenvalue weighted by Crippen LogP contribution is -2.31. The molecule has 0 radical (unpaired) electrons. The van der Waals surface area contributed by atoms with Gasteiger partial charge in [0.2, 0.25) is 5.95 Å². The van der Waals surface area contributed by atoms with Crippen LogP contribution >= 0.6 is 0 Å². The molecule has 0 spiro atoms. The van der Waals surface area contributed by atoms with E-state index in [2.05, 4.69) is 57.4 Å². The smallest absolute Gasteiger partial charge is 0.261 e. The number of anilines is 2. The third kappa shape index (κ3) is 7.89. The zero-order valence-electron chi connectivity index (χ0n) is 20.7. The Kier molecular flexibility index (Phi) is 9.30. The van der Waals surface area contributed by atoms with Crippen molar-refractivity contribution in [1.29, 1.82) is 0 Å². The van der Waals surface area contributed by atoms with Crippen molar-refractivity contribution in [3.63, 3.8) is 0 Å².